The van der Waals surface area contributed by atoms with Gasteiger partial charge in [0.25, 0.3) is 0 Å². The highest BCUT2D eigenvalue weighted by Crippen LogP contribution is 2.29. The fourth-order valence-corrected chi connectivity index (χ4v) is 2.93. The standard InChI is InChI=1S/C26H53N2O5/c1-12-24(4,5)22(29)32-20-25(6,21-33-26(7,13-2)14-3)23(30)31-19-15-17-28(10,11)18-16-27(8)9/h12-21H2,1-11H3/q+1. The van der Waals surface area contributed by atoms with Crippen molar-refractivity contribution in [1.29, 1.82) is 0 Å². The highest BCUT2D eigenvalue weighted by molar-refractivity contribution is 5.79. The highest BCUT2D eigenvalue weighted by atomic mass is 16.6. The number of ether oxygens (including phenoxy) is 3. The normalized spacial score (nSPS) is 14.8. The van der Waals surface area contributed by atoms with Gasteiger partial charge in [0.2, 0.25) is 0 Å². The number of likely N-dealkylation sites (N-methyl/N-ethyl adjacent to an activating group) is 2. The van der Waals surface area contributed by atoms with E-state index in [-0.39, 0.29) is 30.8 Å². The molecule has 0 aromatic rings. The summed E-state index contributed by atoms with van der Waals surface area (Å²) in [5.41, 5.74) is -1.98. The molecule has 0 spiro atoms. The Hall–Kier alpha value is -1.18. The van der Waals surface area contributed by atoms with Gasteiger partial charge in [-0.25, -0.2) is 0 Å². The van der Waals surface area contributed by atoms with Crippen molar-refractivity contribution >= 4 is 11.9 Å². The SMILES string of the molecule is CCC(C)(CC)OCC(C)(COC(=O)C(C)(C)CC)C(=O)OCCC[N+](C)(C)CCN(C)C. The Labute approximate surface area is 203 Å². The van der Waals surface area contributed by atoms with Crippen molar-refractivity contribution in [3.8, 4) is 0 Å². The lowest BCUT2D eigenvalue weighted by Gasteiger charge is -2.34. The van der Waals surface area contributed by atoms with Crippen LogP contribution in [0.25, 0.3) is 0 Å². The van der Waals surface area contributed by atoms with E-state index in [0.29, 0.717) is 13.0 Å². The number of carbonyl (C=O) groups is 2. The Morgan fingerprint density at radius 1 is 0.818 bits per heavy atom. The minimum Gasteiger partial charge on any atom is -0.465 e. The zero-order chi connectivity index (χ0) is 25.9. The Balaban J connectivity index is 5.11. The van der Waals surface area contributed by atoms with E-state index in [1.807, 2.05) is 27.7 Å². The van der Waals surface area contributed by atoms with E-state index in [4.69, 9.17) is 14.2 Å². The van der Waals surface area contributed by atoms with E-state index < -0.39 is 10.8 Å². The summed E-state index contributed by atoms with van der Waals surface area (Å²) in [6, 6.07) is 0. The number of hydrogen-bond donors (Lipinski definition) is 0. The first kappa shape index (κ1) is 31.8. The van der Waals surface area contributed by atoms with Crippen LogP contribution in [0.5, 0.6) is 0 Å². The largest absolute Gasteiger partial charge is 0.465 e. The van der Waals surface area contributed by atoms with Crippen LogP contribution in [0, 0.1) is 10.8 Å². The number of esters is 2. The van der Waals surface area contributed by atoms with Crippen molar-refractivity contribution in [3.63, 3.8) is 0 Å². The molecule has 0 saturated carbocycles. The summed E-state index contributed by atoms with van der Waals surface area (Å²) in [6.45, 7) is 17.0. The maximum atomic E-state index is 13.1. The molecule has 0 aromatic carbocycles. The van der Waals surface area contributed by atoms with E-state index in [9.17, 15) is 9.59 Å². The van der Waals surface area contributed by atoms with Gasteiger partial charge in [0, 0.05) is 13.0 Å². The molecule has 0 aliphatic heterocycles. The molecule has 33 heavy (non-hydrogen) atoms. The smallest absolute Gasteiger partial charge is 0.317 e. The first-order chi connectivity index (χ1) is 15.1. The average molecular weight is 474 g/mol. The van der Waals surface area contributed by atoms with Crippen molar-refractivity contribution in [1.82, 2.24) is 4.90 Å². The zero-order valence-corrected chi connectivity index (χ0v) is 23.5. The van der Waals surface area contributed by atoms with Crippen molar-refractivity contribution in [2.45, 2.75) is 79.8 Å². The van der Waals surface area contributed by atoms with E-state index >= 15 is 0 Å². The van der Waals surface area contributed by atoms with Crippen molar-refractivity contribution in [3.05, 3.63) is 0 Å². The van der Waals surface area contributed by atoms with Crippen LogP contribution in [0.4, 0.5) is 0 Å². The molecule has 7 nitrogen and oxygen atoms in total. The second kappa shape index (κ2) is 13.6. The molecule has 196 valence electrons. The zero-order valence-electron chi connectivity index (χ0n) is 23.5. The van der Waals surface area contributed by atoms with Crippen LogP contribution in [0.1, 0.15) is 74.1 Å². The number of rotatable bonds is 17. The third-order valence-electron chi connectivity index (χ3n) is 6.98. The summed E-state index contributed by atoms with van der Waals surface area (Å²) < 4.78 is 18.3. The molecule has 0 saturated heterocycles. The molecule has 0 aliphatic rings. The molecule has 0 heterocycles. The molecule has 0 aromatic heterocycles. The molecule has 0 aliphatic carbocycles. The quantitative estimate of drug-likeness (QED) is 0.180. The van der Waals surface area contributed by atoms with Gasteiger partial charge in [-0.15, -0.1) is 0 Å². The van der Waals surface area contributed by atoms with Gasteiger partial charge in [-0.2, -0.15) is 0 Å². The summed E-state index contributed by atoms with van der Waals surface area (Å²) in [4.78, 5) is 27.8. The van der Waals surface area contributed by atoms with Crippen LogP contribution in [0.3, 0.4) is 0 Å². The first-order valence-corrected chi connectivity index (χ1v) is 12.5. The van der Waals surface area contributed by atoms with Crippen LogP contribution >= 0.6 is 0 Å². The van der Waals surface area contributed by atoms with Crippen molar-refractivity contribution in [2.75, 3.05) is 67.6 Å². The number of nitrogens with zero attached hydrogens (tertiary/aromatic N) is 2. The van der Waals surface area contributed by atoms with E-state index in [1.165, 1.54) is 0 Å². The average Bonchev–Trinajstić information content (AvgIpc) is 2.77. The molecule has 7 heteroatoms. The Kier molecular flexibility index (Phi) is 13.2. The van der Waals surface area contributed by atoms with Gasteiger partial charge in [0.15, 0.2) is 0 Å². The molecule has 0 N–H and O–H groups in total. The second-order valence-electron chi connectivity index (χ2n) is 11.5. The van der Waals surface area contributed by atoms with Crippen LogP contribution in [0.2, 0.25) is 0 Å². The molecular formula is C26H53N2O5+. The molecule has 1 atom stereocenters. The van der Waals surface area contributed by atoms with Crippen molar-refractivity contribution in [2.24, 2.45) is 10.8 Å². The van der Waals surface area contributed by atoms with E-state index in [0.717, 1.165) is 43.4 Å². The molecule has 0 rings (SSSR count). The fraction of sp³-hybridized carbons (Fsp3) is 0.923. The highest BCUT2D eigenvalue weighted by Gasteiger charge is 2.40. The van der Waals surface area contributed by atoms with Gasteiger partial charge in [-0.1, -0.05) is 20.8 Å². The number of hydrogen-bond acceptors (Lipinski definition) is 6. The number of carbonyl (C=O) groups excluding carboxylic acids is 2. The van der Waals surface area contributed by atoms with Gasteiger partial charge < -0.3 is 23.6 Å². The Morgan fingerprint density at radius 2 is 1.39 bits per heavy atom. The second-order valence-corrected chi connectivity index (χ2v) is 11.5. The maximum Gasteiger partial charge on any atom is 0.317 e. The fourth-order valence-electron chi connectivity index (χ4n) is 2.93. The van der Waals surface area contributed by atoms with Gasteiger partial charge in [0.1, 0.15) is 12.0 Å². The van der Waals surface area contributed by atoms with Gasteiger partial charge in [-0.3, -0.25) is 9.59 Å². The molecule has 0 amide bonds. The summed E-state index contributed by atoms with van der Waals surface area (Å²) in [7, 11) is 8.52. The minimum absolute atomic E-state index is 0.0536. The van der Waals surface area contributed by atoms with E-state index in [2.05, 4.69) is 46.9 Å². The lowest BCUT2D eigenvalue weighted by Crippen LogP contribution is -2.46. The topological polar surface area (TPSA) is 65.1 Å². The summed E-state index contributed by atoms with van der Waals surface area (Å²) in [5.74, 6) is -0.685. The molecule has 0 fully saturated rings. The Bertz CT molecular complexity index is 599. The van der Waals surface area contributed by atoms with Gasteiger partial charge >= 0.3 is 11.9 Å². The summed E-state index contributed by atoms with van der Waals surface area (Å²) in [6.07, 6.45) is 3.09. The van der Waals surface area contributed by atoms with Crippen LogP contribution in [0.15, 0.2) is 0 Å². The van der Waals surface area contributed by atoms with Crippen LogP contribution in [-0.2, 0) is 23.8 Å². The summed E-state index contributed by atoms with van der Waals surface area (Å²) in [5, 5.41) is 0. The predicted octanol–water partition coefficient (Wildman–Crippen LogP) is 4.14. The molecule has 0 bridgehead atoms. The lowest BCUT2D eigenvalue weighted by atomic mass is 9.89. The van der Waals surface area contributed by atoms with Gasteiger partial charge in [0.05, 0.1) is 51.4 Å². The molecule has 1 unspecified atom stereocenters. The summed E-state index contributed by atoms with van der Waals surface area (Å²) >= 11 is 0. The number of quaternary nitrogens is 1. The van der Waals surface area contributed by atoms with Gasteiger partial charge in [-0.05, 0) is 61.1 Å². The van der Waals surface area contributed by atoms with Crippen LogP contribution < -0.4 is 0 Å². The van der Waals surface area contributed by atoms with E-state index in [1.54, 1.807) is 6.92 Å². The molecular weight excluding hydrogens is 420 g/mol. The van der Waals surface area contributed by atoms with Crippen LogP contribution in [-0.4, -0.2) is 94.6 Å². The predicted molar refractivity (Wildman–Crippen MR) is 134 cm³/mol. The molecule has 0 radical (unpaired) electrons. The Morgan fingerprint density at radius 3 is 1.88 bits per heavy atom. The van der Waals surface area contributed by atoms with Crippen molar-refractivity contribution < 1.29 is 28.3 Å². The third-order valence-corrected chi connectivity index (χ3v) is 6.98. The minimum atomic E-state index is -1.06. The monoisotopic (exact) mass is 473 g/mol. The first-order valence-electron chi connectivity index (χ1n) is 12.5. The lowest BCUT2D eigenvalue weighted by molar-refractivity contribution is -0.890. The maximum absolute atomic E-state index is 13.1. The third kappa shape index (κ3) is 11.7.